The summed E-state index contributed by atoms with van der Waals surface area (Å²) in [6.45, 7) is 0. The van der Waals surface area contributed by atoms with Crippen molar-refractivity contribution < 1.29 is 25.6 Å². The van der Waals surface area contributed by atoms with E-state index in [1.165, 1.54) is 12.1 Å². The Labute approximate surface area is 156 Å². The lowest BCUT2D eigenvalue weighted by molar-refractivity contribution is -0.110. The van der Waals surface area contributed by atoms with Crippen LogP contribution in [-0.4, -0.2) is 47.7 Å². The fourth-order valence-corrected chi connectivity index (χ4v) is 2.93. The lowest BCUT2D eigenvalue weighted by atomic mass is 9.81. The number of rotatable bonds is 3. The van der Waals surface area contributed by atoms with Crippen LogP contribution in [0.4, 0.5) is 5.69 Å². The summed E-state index contributed by atoms with van der Waals surface area (Å²) in [6, 6.07) is 9.67. The number of nitrogens with zero attached hydrogens (tertiary/aromatic N) is 1. The summed E-state index contributed by atoms with van der Waals surface area (Å²) in [5, 5.41) is 34.7. The van der Waals surface area contributed by atoms with Crippen molar-refractivity contribution >= 4 is 28.8 Å². The zero-order valence-corrected chi connectivity index (χ0v) is 15.2. The molecule has 27 heavy (non-hydrogen) atoms. The molecule has 0 atom stereocenters. The molecule has 0 unspecified atom stereocenters. The molecule has 3 rings (SSSR count). The van der Waals surface area contributed by atoms with Crippen molar-refractivity contribution in [1.82, 2.24) is 5.32 Å². The number of phenolic OH excluding ortho intramolecular Hbond substituents is 2. The molecule has 0 aliphatic heterocycles. The first-order valence-corrected chi connectivity index (χ1v) is 8.05. The second-order valence-corrected chi connectivity index (χ2v) is 6.23. The number of anilines is 1. The van der Waals surface area contributed by atoms with Crippen molar-refractivity contribution in [2.24, 2.45) is 0 Å². The van der Waals surface area contributed by atoms with Crippen molar-refractivity contribution in [2.75, 3.05) is 26.0 Å². The normalized spacial score (nSPS) is 16.0. The molecule has 7 nitrogen and oxygen atoms in total. The summed E-state index contributed by atoms with van der Waals surface area (Å²) in [5.41, 5.74) is 1.13. The minimum absolute atomic E-state index is 0. The highest BCUT2D eigenvalue weighted by Crippen LogP contribution is 2.41. The molecule has 0 fully saturated rings. The van der Waals surface area contributed by atoms with Crippen LogP contribution in [0.15, 0.2) is 42.2 Å². The second kappa shape index (κ2) is 7.43. The number of aliphatic hydroxyl groups excluding tert-OH is 1. The number of allylic oxidation sites excluding steroid dienone is 2. The molecular weight excluding hydrogens is 348 g/mol. The number of hydrogen-bond donors (Lipinski definition) is 4. The average Bonchev–Trinajstić information content (AvgIpc) is 2.59. The molecule has 0 radical (unpaired) electrons. The quantitative estimate of drug-likeness (QED) is 0.603. The number of carbonyl (C=O) groups is 1. The van der Waals surface area contributed by atoms with E-state index in [-0.39, 0.29) is 44.7 Å². The van der Waals surface area contributed by atoms with Gasteiger partial charge in [0.15, 0.2) is 0 Å². The lowest BCUT2D eigenvalue weighted by Gasteiger charge is -2.23. The van der Waals surface area contributed by atoms with Crippen molar-refractivity contribution in [3.8, 4) is 11.5 Å². The molecule has 1 aliphatic rings. The number of ketones is 1. The van der Waals surface area contributed by atoms with E-state index in [9.17, 15) is 20.1 Å². The van der Waals surface area contributed by atoms with E-state index in [0.717, 1.165) is 10.9 Å². The molecule has 2 aromatic carbocycles. The van der Waals surface area contributed by atoms with Crippen molar-refractivity contribution in [1.29, 1.82) is 0 Å². The van der Waals surface area contributed by atoms with E-state index in [1.54, 1.807) is 37.5 Å². The molecule has 7 heteroatoms. The van der Waals surface area contributed by atoms with Crippen LogP contribution in [0.1, 0.15) is 5.56 Å². The number of phenols is 2. The highest BCUT2D eigenvalue weighted by atomic mass is 16.3. The number of carbonyl (C=O) groups excluding carboxylic acids is 1. The number of hydrogen-bond acceptors (Lipinski definition) is 6. The zero-order chi connectivity index (χ0) is 19.0. The van der Waals surface area contributed by atoms with Gasteiger partial charge in [-0.2, -0.15) is 0 Å². The largest absolute Gasteiger partial charge is 0.507 e. The van der Waals surface area contributed by atoms with E-state index in [1.807, 2.05) is 19.0 Å². The van der Waals surface area contributed by atoms with Crippen LogP contribution >= 0.6 is 0 Å². The van der Waals surface area contributed by atoms with E-state index in [0.29, 0.717) is 0 Å². The fourth-order valence-electron chi connectivity index (χ4n) is 2.93. The van der Waals surface area contributed by atoms with Crippen molar-refractivity contribution in [3.05, 3.63) is 58.2 Å². The smallest absolute Gasteiger partial charge is 0.202 e. The first-order valence-electron chi connectivity index (χ1n) is 8.05. The standard InChI is InChI=1S/C20H20N2O4.H2O/c1-21-10-11-4-6-13(15(23)8-11)17-19(25)18(20(17)26)14-7-5-12(22(2)3)9-16(14)24;/h4-10,21,23-25H,1-3H3;1H2. The molecule has 142 valence electrons. The summed E-state index contributed by atoms with van der Waals surface area (Å²) in [5.74, 6) is -0.844. The van der Waals surface area contributed by atoms with Gasteiger partial charge in [-0.25, -0.2) is 0 Å². The molecule has 0 bridgehead atoms. The van der Waals surface area contributed by atoms with Crippen LogP contribution in [0.25, 0.3) is 17.3 Å². The third-order valence-corrected chi connectivity index (χ3v) is 4.30. The van der Waals surface area contributed by atoms with Crippen LogP contribution in [0.3, 0.4) is 0 Å². The molecule has 0 aromatic heterocycles. The molecule has 2 aromatic rings. The highest BCUT2D eigenvalue weighted by molar-refractivity contribution is 6.52. The maximum Gasteiger partial charge on any atom is 0.202 e. The third kappa shape index (κ3) is 3.32. The zero-order valence-electron chi connectivity index (χ0n) is 15.2. The van der Waals surface area contributed by atoms with Gasteiger partial charge >= 0.3 is 0 Å². The van der Waals surface area contributed by atoms with Gasteiger partial charge in [0.05, 0.1) is 11.1 Å². The van der Waals surface area contributed by atoms with Gasteiger partial charge in [-0.1, -0.05) is 6.07 Å². The van der Waals surface area contributed by atoms with E-state index in [2.05, 4.69) is 5.32 Å². The average molecular weight is 370 g/mol. The predicted octanol–water partition coefficient (Wildman–Crippen LogP) is -0.000800. The van der Waals surface area contributed by atoms with Gasteiger partial charge in [-0.05, 0) is 29.5 Å². The Kier molecular flexibility index (Phi) is 5.47. The first-order chi connectivity index (χ1) is 12.3. The van der Waals surface area contributed by atoms with Gasteiger partial charge in [0.1, 0.15) is 17.3 Å². The number of aliphatic hydroxyl groups is 1. The number of aromatic hydroxyl groups is 2. The SMILES string of the molecule is CNC=c1ccc(=C2C(=O)C(c3ccc(N(C)C)cc3O)=C2O)c(O)c1.O. The monoisotopic (exact) mass is 370 g/mol. The van der Waals surface area contributed by atoms with Crippen LogP contribution in [0.5, 0.6) is 11.5 Å². The third-order valence-electron chi connectivity index (χ3n) is 4.30. The lowest BCUT2D eigenvalue weighted by Crippen LogP contribution is -2.27. The predicted molar refractivity (Wildman–Crippen MR) is 105 cm³/mol. The van der Waals surface area contributed by atoms with E-state index < -0.39 is 5.78 Å². The summed E-state index contributed by atoms with van der Waals surface area (Å²) < 4.78 is 0. The summed E-state index contributed by atoms with van der Waals surface area (Å²) in [6.07, 6.45) is 1.70. The number of nitrogens with one attached hydrogen (secondary N) is 1. The molecule has 0 spiro atoms. The van der Waals surface area contributed by atoms with Crippen LogP contribution in [0, 0.1) is 0 Å². The van der Waals surface area contributed by atoms with E-state index >= 15 is 0 Å². The first kappa shape index (κ1) is 19.9. The van der Waals surface area contributed by atoms with Gasteiger partial charge in [0.2, 0.25) is 5.78 Å². The topological polar surface area (TPSA) is 125 Å². The Morgan fingerprint density at radius 1 is 0.963 bits per heavy atom. The molecule has 0 amide bonds. The van der Waals surface area contributed by atoms with Crippen LogP contribution in [0.2, 0.25) is 0 Å². The number of Topliss-reactive ketones (excluding diaryl/α,β-unsaturated/α-hetero) is 1. The second-order valence-electron chi connectivity index (χ2n) is 6.23. The van der Waals surface area contributed by atoms with Crippen molar-refractivity contribution in [3.63, 3.8) is 0 Å². The molecule has 0 saturated carbocycles. The fraction of sp³-hybridized carbons (Fsp3) is 0.150. The highest BCUT2D eigenvalue weighted by Gasteiger charge is 2.37. The Hall–Kier alpha value is -3.45. The molecule has 0 saturated heterocycles. The van der Waals surface area contributed by atoms with Crippen molar-refractivity contribution in [2.45, 2.75) is 0 Å². The van der Waals surface area contributed by atoms with Crippen LogP contribution in [-0.2, 0) is 4.79 Å². The summed E-state index contributed by atoms with van der Waals surface area (Å²) >= 11 is 0. The van der Waals surface area contributed by atoms with E-state index in [4.69, 9.17) is 0 Å². The van der Waals surface area contributed by atoms with Gasteiger partial charge in [-0.3, -0.25) is 4.79 Å². The Morgan fingerprint density at radius 2 is 1.67 bits per heavy atom. The Bertz CT molecular complexity index is 1050. The summed E-state index contributed by atoms with van der Waals surface area (Å²) in [7, 11) is 5.41. The molecular formula is C20H22N2O5. The van der Waals surface area contributed by atoms with Gasteiger partial charge in [-0.15, -0.1) is 0 Å². The van der Waals surface area contributed by atoms with Crippen LogP contribution < -0.4 is 20.7 Å². The number of benzene rings is 2. The maximum atomic E-state index is 12.6. The van der Waals surface area contributed by atoms with Gasteiger partial charge < -0.3 is 31.0 Å². The maximum absolute atomic E-state index is 12.6. The Morgan fingerprint density at radius 3 is 2.19 bits per heavy atom. The van der Waals surface area contributed by atoms with Gasteiger partial charge in [0.25, 0.3) is 0 Å². The Balaban J connectivity index is 0.00000261. The molecule has 0 heterocycles. The van der Waals surface area contributed by atoms with Gasteiger partial charge in [0, 0.05) is 49.9 Å². The molecule has 6 N–H and O–H groups in total. The molecule has 1 aliphatic carbocycles. The minimum Gasteiger partial charge on any atom is -0.507 e. The summed E-state index contributed by atoms with van der Waals surface area (Å²) in [4.78, 5) is 14.4. The minimum atomic E-state index is -0.420.